The van der Waals surface area contributed by atoms with E-state index in [1.54, 1.807) is 38.5 Å². The molecular weight excluding hydrogens is 366 g/mol. The van der Waals surface area contributed by atoms with E-state index in [9.17, 15) is 4.79 Å². The molecule has 0 fully saturated rings. The van der Waals surface area contributed by atoms with Crippen LogP contribution in [0.25, 0.3) is 0 Å². The van der Waals surface area contributed by atoms with Crippen LogP contribution in [0.2, 0.25) is 0 Å². The standard InChI is InChI=1S/C19H19N3O4S/c1-24-15-7-3-13(4-8-15)11-18-21-22-19(26-18)27-12-17(23)20-14-5-9-16(25-2)10-6-14/h3-10H,11-12H2,1-2H3,(H,20,23). The molecule has 7 nitrogen and oxygen atoms in total. The van der Waals surface area contributed by atoms with Gasteiger partial charge in [0.2, 0.25) is 11.8 Å². The minimum Gasteiger partial charge on any atom is -0.497 e. The first-order valence-electron chi connectivity index (χ1n) is 8.18. The molecular formula is C19H19N3O4S. The Morgan fingerprint density at radius 3 is 2.26 bits per heavy atom. The molecule has 1 heterocycles. The van der Waals surface area contributed by atoms with E-state index in [0.717, 1.165) is 17.1 Å². The molecule has 0 saturated carbocycles. The number of hydrogen-bond donors (Lipinski definition) is 1. The lowest BCUT2D eigenvalue weighted by Gasteiger charge is -2.05. The van der Waals surface area contributed by atoms with Crippen LogP contribution < -0.4 is 14.8 Å². The summed E-state index contributed by atoms with van der Waals surface area (Å²) in [6.07, 6.45) is 0.523. The Balaban J connectivity index is 1.48. The number of thioether (sulfide) groups is 1. The van der Waals surface area contributed by atoms with E-state index < -0.39 is 0 Å². The summed E-state index contributed by atoms with van der Waals surface area (Å²) in [6, 6.07) is 14.8. The number of hydrogen-bond acceptors (Lipinski definition) is 7. The van der Waals surface area contributed by atoms with Crippen molar-refractivity contribution in [1.29, 1.82) is 0 Å². The molecule has 1 amide bonds. The molecule has 8 heteroatoms. The van der Waals surface area contributed by atoms with Gasteiger partial charge in [0.25, 0.3) is 5.22 Å². The lowest BCUT2D eigenvalue weighted by Crippen LogP contribution is -2.13. The van der Waals surface area contributed by atoms with Gasteiger partial charge in [-0.2, -0.15) is 0 Å². The number of ether oxygens (including phenoxy) is 2. The molecule has 0 atom stereocenters. The minimum atomic E-state index is -0.153. The lowest BCUT2D eigenvalue weighted by molar-refractivity contribution is -0.113. The first-order valence-corrected chi connectivity index (χ1v) is 9.17. The zero-order valence-corrected chi connectivity index (χ0v) is 15.8. The number of amides is 1. The molecule has 0 radical (unpaired) electrons. The quantitative estimate of drug-likeness (QED) is 0.595. The number of aromatic nitrogens is 2. The van der Waals surface area contributed by atoms with Gasteiger partial charge in [-0.15, -0.1) is 10.2 Å². The van der Waals surface area contributed by atoms with Crippen molar-refractivity contribution in [3.63, 3.8) is 0 Å². The number of methoxy groups -OCH3 is 2. The maximum atomic E-state index is 12.0. The van der Waals surface area contributed by atoms with Crippen LogP contribution in [0.3, 0.4) is 0 Å². The Morgan fingerprint density at radius 2 is 1.63 bits per heavy atom. The van der Waals surface area contributed by atoms with Gasteiger partial charge in [-0.1, -0.05) is 23.9 Å². The second-order valence-electron chi connectivity index (χ2n) is 5.55. The predicted molar refractivity (Wildman–Crippen MR) is 102 cm³/mol. The number of benzene rings is 2. The molecule has 27 heavy (non-hydrogen) atoms. The highest BCUT2D eigenvalue weighted by atomic mass is 32.2. The molecule has 0 aliphatic heterocycles. The number of carbonyl (C=O) groups is 1. The third-order valence-corrected chi connectivity index (χ3v) is 4.48. The summed E-state index contributed by atoms with van der Waals surface area (Å²) in [5, 5.41) is 11.2. The monoisotopic (exact) mass is 385 g/mol. The van der Waals surface area contributed by atoms with Crippen LogP contribution in [0.1, 0.15) is 11.5 Å². The first-order chi connectivity index (χ1) is 13.2. The number of nitrogens with one attached hydrogen (secondary N) is 1. The predicted octanol–water partition coefficient (Wildman–Crippen LogP) is 3.41. The summed E-state index contributed by atoms with van der Waals surface area (Å²) in [7, 11) is 3.22. The van der Waals surface area contributed by atoms with Crippen molar-refractivity contribution in [2.24, 2.45) is 0 Å². The van der Waals surface area contributed by atoms with Gasteiger partial charge >= 0.3 is 0 Å². The van der Waals surface area contributed by atoms with Crippen molar-refractivity contribution < 1.29 is 18.7 Å². The Kier molecular flexibility index (Phi) is 6.32. The highest BCUT2D eigenvalue weighted by molar-refractivity contribution is 7.99. The van der Waals surface area contributed by atoms with E-state index in [0.29, 0.717) is 23.2 Å². The third kappa shape index (κ3) is 5.49. The van der Waals surface area contributed by atoms with Gasteiger partial charge in [-0.25, -0.2) is 0 Å². The van der Waals surface area contributed by atoms with E-state index in [4.69, 9.17) is 13.9 Å². The SMILES string of the molecule is COc1ccc(Cc2nnc(SCC(=O)Nc3ccc(OC)cc3)o2)cc1. The molecule has 2 aromatic carbocycles. The van der Waals surface area contributed by atoms with Crippen molar-refractivity contribution in [3.8, 4) is 11.5 Å². The van der Waals surface area contributed by atoms with Crippen LogP contribution in [0.5, 0.6) is 11.5 Å². The second kappa shape index (κ2) is 9.09. The molecule has 1 aromatic heterocycles. The van der Waals surface area contributed by atoms with E-state index >= 15 is 0 Å². The van der Waals surface area contributed by atoms with Gasteiger partial charge in [0.15, 0.2) is 0 Å². The highest BCUT2D eigenvalue weighted by Crippen LogP contribution is 2.20. The van der Waals surface area contributed by atoms with Gasteiger partial charge < -0.3 is 19.2 Å². The zero-order valence-electron chi connectivity index (χ0n) is 15.0. The van der Waals surface area contributed by atoms with Crippen LogP contribution in [0.4, 0.5) is 5.69 Å². The number of carbonyl (C=O) groups excluding carboxylic acids is 1. The van der Waals surface area contributed by atoms with Crippen molar-refractivity contribution in [2.75, 3.05) is 25.3 Å². The van der Waals surface area contributed by atoms with Gasteiger partial charge in [-0.3, -0.25) is 4.79 Å². The molecule has 0 spiro atoms. The Labute approximate surface area is 161 Å². The maximum Gasteiger partial charge on any atom is 0.277 e. The average molecular weight is 385 g/mol. The smallest absolute Gasteiger partial charge is 0.277 e. The van der Waals surface area contributed by atoms with E-state index in [2.05, 4.69) is 15.5 Å². The highest BCUT2D eigenvalue weighted by Gasteiger charge is 2.11. The fourth-order valence-electron chi connectivity index (χ4n) is 2.28. The third-order valence-electron chi connectivity index (χ3n) is 3.66. The summed E-state index contributed by atoms with van der Waals surface area (Å²) in [5.41, 5.74) is 1.74. The van der Waals surface area contributed by atoms with Crippen molar-refractivity contribution in [2.45, 2.75) is 11.6 Å². The molecule has 0 aliphatic carbocycles. The van der Waals surface area contributed by atoms with E-state index in [-0.39, 0.29) is 11.7 Å². The maximum absolute atomic E-state index is 12.0. The number of rotatable bonds is 8. The van der Waals surface area contributed by atoms with Gasteiger partial charge in [0, 0.05) is 5.69 Å². The number of nitrogens with zero attached hydrogens (tertiary/aromatic N) is 2. The Morgan fingerprint density at radius 1 is 1.00 bits per heavy atom. The van der Waals surface area contributed by atoms with Crippen molar-refractivity contribution in [3.05, 3.63) is 60.0 Å². The van der Waals surface area contributed by atoms with Gasteiger partial charge in [0.05, 0.1) is 26.4 Å². The summed E-state index contributed by atoms with van der Waals surface area (Å²) in [4.78, 5) is 12.0. The van der Waals surface area contributed by atoms with Crippen LogP contribution in [0.15, 0.2) is 58.2 Å². The van der Waals surface area contributed by atoms with Gasteiger partial charge in [0.1, 0.15) is 11.5 Å². The molecule has 0 saturated heterocycles. The zero-order chi connectivity index (χ0) is 19.1. The normalized spacial score (nSPS) is 10.4. The summed E-state index contributed by atoms with van der Waals surface area (Å²) in [5.74, 6) is 2.05. The van der Waals surface area contributed by atoms with Crippen molar-refractivity contribution >= 4 is 23.4 Å². The Bertz CT molecular complexity index is 879. The fraction of sp³-hybridized carbons (Fsp3) is 0.211. The molecule has 0 bridgehead atoms. The van der Waals surface area contributed by atoms with Crippen LogP contribution in [-0.2, 0) is 11.2 Å². The van der Waals surface area contributed by atoms with E-state index in [1.807, 2.05) is 24.3 Å². The average Bonchev–Trinajstić information content (AvgIpc) is 3.15. The largest absolute Gasteiger partial charge is 0.497 e. The van der Waals surface area contributed by atoms with E-state index in [1.165, 1.54) is 11.8 Å². The summed E-state index contributed by atoms with van der Waals surface area (Å²) >= 11 is 1.20. The summed E-state index contributed by atoms with van der Waals surface area (Å²) in [6.45, 7) is 0. The molecule has 3 aromatic rings. The fourth-order valence-corrected chi connectivity index (χ4v) is 2.87. The minimum absolute atomic E-state index is 0.153. The lowest BCUT2D eigenvalue weighted by atomic mass is 10.1. The first kappa shape index (κ1) is 18.8. The molecule has 0 unspecified atom stereocenters. The summed E-state index contributed by atoms with van der Waals surface area (Å²) < 4.78 is 15.8. The van der Waals surface area contributed by atoms with Crippen LogP contribution >= 0.6 is 11.8 Å². The van der Waals surface area contributed by atoms with Crippen molar-refractivity contribution in [1.82, 2.24) is 10.2 Å². The second-order valence-corrected chi connectivity index (χ2v) is 6.48. The van der Waals surface area contributed by atoms with Crippen LogP contribution in [0, 0.1) is 0 Å². The molecule has 1 N–H and O–H groups in total. The topological polar surface area (TPSA) is 86.5 Å². The van der Waals surface area contributed by atoms with Crippen LogP contribution in [-0.4, -0.2) is 36.1 Å². The van der Waals surface area contributed by atoms with Gasteiger partial charge in [-0.05, 0) is 42.0 Å². The molecule has 3 rings (SSSR count). The molecule has 140 valence electrons. The Hall–Kier alpha value is -3.00. The molecule has 0 aliphatic rings. The number of anilines is 1.